The highest BCUT2D eigenvalue weighted by Gasteiger charge is 2.22. The number of sulfone groups is 1. The van der Waals surface area contributed by atoms with E-state index in [9.17, 15) is 18.0 Å². The molecule has 0 aromatic heterocycles. The topological polar surface area (TPSA) is 77.5 Å². The first-order chi connectivity index (χ1) is 11.8. The van der Waals surface area contributed by atoms with Crippen LogP contribution in [0.15, 0.2) is 47.4 Å². The minimum Gasteiger partial charge on any atom is -0.454 e. The number of esters is 1. The van der Waals surface area contributed by atoms with Gasteiger partial charge in [0, 0.05) is 5.56 Å². The molecule has 0 saturated carbocycles. The Hall–Kier alpha value is -2.47. The predicted molar refractivity (Wildman–Crippen MR) is 94.7 cm³/mol. The zero-order valence-electron chi connectivity index (χ0n) is 14.4. The number of aryl methyl sites for hydroxylation is 2. The van der Waals surface area contributed by atoms with Gasteiger partial charge in [-0.15, -0.1) is 0 Å². The summed E-state index contributed by atoms with van der Waals surface area (Å²) in [5, 5.41) is 0. The summed E-state index contributed by atoms with van der Waals surface area (Å²) in [5.74, 6) is -1.30. The number of hydrogen-bond acceptors (Lipinski definition) is 5. The molecular weight excluding hydrogens is 340 g/mol. The van der Waals surface area contributed by atoms with E-state index >= 15 is 0 Å². The molecule has 2 aromatic carbocycles. The van der Waals surface area contributed by atoms with Crippen LogP contribution in [0.25, 0.3) is 0 Å². The zero-order valence-corrected chi connectivity index (χ0v) is 15.2. The molecule has 5 nitrogen and oxygen atoms in total. The highest BCUT2D eigenvalue weighted by molar-refractivity contribution is 7.91. The van der Waals surface area contributed by atoms with Gasteiger partial charge in [0.05, 0.1) is 16.2 Å². The molecule has 0 atom stereocenters. The van der Waals surface area contributed by atoms with Crippen LogP contribution < -0.4 is 0 Å². The minimum absolute atomic E-state index is 0.0581. The van der Waals surface area contributed by atoms with E-state index in [1.54, 1.807) is 24.3 Å². The van der Waals surface area contributed by atoms with Crippen molar-refractivity contribution in [2.24, 2.45) is 0 Å². The summed E-state index contributed by atoms with van der Waals surface area (Å²) in [7, 11) is -3.56. The summed E-state index contributed by atoms with van der Waals surface area (Å²) in [6.07, 6.45) is 0. The summed E-state index contributed by atoms with van der Waals surface area (Å²) in [6.45, 7) is 4.89. The lowest BCUT2D eigenvalue weighted by Crippen LogP contribution is -2.17. The van der Waals surface area contributed by atoms with Crippen molar-refractivity contribution >= 4 is 21.6 Å². The number of hydrogen-bond donors (Lipinski definition) is 0. The van der Waals surface area contributed by atoms with Gasteiger partial charge in [-0.2, -0.15) is 0 Å². The monoisotopic (exact) mass is 360 g/mol. The number of ketones is 1. The predicted octanol–water partition coefficient (Wildman–Crippen LogP) is 3.14. The largest absolute Gasteiger partial charge is 0.454 e. The molecule has 0 aliphatic carbocycles. The average molecular weight is 360 g/mol. The molecule has 0 aliphatic rings. The Labute approximate surface area is 147 Å². The molecular formula is C19H20O5S. The van der Waals surface area contributed by atoms with E-state index in [1.807, 2.05) is 19.9 Å². The maximum atomic E-state index is 12.2. The first-order valence-corrected chi connectivity index (χ1v) is 9.51. The van der Waals surface area contributed by atoms with Crippen LogP contribution >= 0.6 is 0 Å². The number of carbonyl (C=O) groups is 2. The van der Waals surface area contributed by atoms with Gasteiger partial charge in [-0.05, 0) is 43.2 Å². The van der Waals surface area contributed by atoms with E-state index in [-0.39, 0.29) is 22.0 Å². The van der Waals surface area contributed by atoms with Gasteiger partial charge in [0.25, 0.3) is 0 Å². The standard InChI is InChI=1S/C19H20O5S/c1-4-25(22,23)18-8-6-5-7-16(18)19(21)24-12-17(20)15-10-9-13(2)14(3)11-15/h5-11H,4,12H2,1-3H3. The number of rotatable bonds is 6. The van der Waals surface area contributed by atoms with Crippen LogP contribution in [0, 0.1) is 13.8 Å². The second-order valence-electron chi connectivity index (χ2n) is 5.70. The lowest BCUT2D eigenvalue weighted by molar-refractivity contribution is 0.0471. The molecule has 0 unspecified atom stereocenters. The van der Waals surface area contributed by atoms with Crippen LogP contribution in [0.2, 0.25) is 0 Å². The summed E-state index contributed by atoms with van der Waals surface area (Å²) < 4.78 is 29.2. The molecule has 25 heavy (non-hydrogen) atoms. The van der Waals surface area contributed by atoms with Crippen molar-refractivity contribution in [3.63, 3.8) is 0 Å². The SMILES string of the molecule is CCS(=O)(=O)c1ccccc1C(=O)OCC(=O)c1ccc(C)c(C)c1. The number of ether oxygens (including phenoxy) is 1. The second-order valence-corrected chi connectivity index (χ2v) is 7.94. The fourth-order valence-corrected chi connectivity index (χ4v) is 3.35. The van der Waals surface area contributed by atoms with Gasteiger partial charge in [-0.25, -0.2) is 13.2 Å². The lowest BCUT2D eigenvalue weighted by atomic mass is 10.0. The fourth-order valence-electron chi connectivity index (χ4n) is 2.27. The van der Waals surface area contributed by atoms with Crippen LogP contribution in [0.4, 0.5) is 0 Å². The third-order valence-corrected chi connectivity index (χ3v) is 5.77. The highest BCUT2D eigenvalue weighted by atomic mass is 32.2. The number of benzene rings is 2. The number of carbonyl (C=O) groups excluding carboxylic acids is 2. The zero-order chi connectivity index (χ0) is 18.6. The van der Waals surface area contributed by atoms with Gasteiger partial charge in [0.2, 0.25) is 0 Å². The van der Waals surface area contributed by atoms with Crippen LogP contribution in [0.5, 0.6) is 0 Å². The second kappa shape index (κ2) is 7.61. The minimum atomic E-state index is -3.56. The quantitative estimate of drug-likeness (QED) is 0.584. The Morgan fingerprint density at radius 2 is 1.68 bits per heavy atom. The summed E-state index contributed by atoms with van der Waals surface area (Å²) in [6, 6.07) is 11.1. The van der Waals surface area contributed by atoms with E-state index in [0.717, 1.165) is 11.1 Å². The van der Waals surface area contributed by atoms with Crippen molar-refractivity contribution in [2.45, 2.75) is 25.7 Å². The van der Waals surface area contributed by atoms with Gasteiger partial charge in [0.15, 0.2) is 22.2 Å². The maximum Gasteiger partial charge on any atom is 0.339 e. The van der Waals surface area contributed by atoms with Crippen molar-refractivity contribution in [2.75, 3.05) is 12.4 Å². The van der Waals surface area contributed by atoms with Gasteiger partial charge in [-0.3, -0.25) is 4.79 Å². The van der Waals surface area contributed by atoms with Crippen molar-refractivity contribution < 1.29 is 22.7 Å². The highest BCUT2D eigenvalue weighted by Crippen LogP contribution is 2.18. The molecule has 132 valence electrons. The van der Waals surface area contributed by atoms with Gasteiger partial charge in [0.1, 0.15) is 0 Å². The molecule has 0 heterocycles. The van der Waals surface area contributed by atoms with Gasteiger partial charge < -0.3 is 4.74 Å². The Balaban J connectivity index is 2.16. The molecule has 2 rings (SSSR count). The van der Waals surface area contributed by atoms with E-state index in [4.69, 9.17) is 4.74 Å². The van der Waals surface area contributed by atoms with E-state index in [2.05, 4.69) is 0 Å². The molecule has 0 radical (unpaired) electrons. The molecule has 0 fully saturated rings. The molecule has 0 aliphatic heterocycles. The first kappa shape index (κ1) is 18.9. The van der Waals surface area contributed by atoms with Crippen molar-refractivity contribution in [1.29, 1.82) is 0 Å². The molecule has 2 aromatic rings. The molecule has 6 heteroatoms. The van der Waals surface area contributed by atoms with Crippen molar-refractivity contribution in [3.8, 4) is 0 Å². The molecule has 0 N–H and O–H groups in total. The molecule has 0 bridgehead atoms. The number of Topliss-reactive ketones (excluding diaryl/α,β-unsaturated/α-hetero) is 1. The molecule has 0 spiro atoms. The fraction of sp³-hybridized carbons (Fsp3) is 0.263. The van der Waals surface area contributed by atoms with Crippen molar-refractivity contribution in [1.82, 2.24) is 0 Å². The van der Waals surface area contributed by atoms with Gasteiger partial charge >= 0.3 is 5.97 Å². The van der Waals surface area contributed by atoms with Crippen LogP contribution in [-0.4, -0.2) is 32.5 Å². The smallest absolute Gasteiger partial charge is 0.339 e. The van der Waals surface area contributed by atoms with E-state index in [1.165, 1.54) is 19.1 Å². The summed E-state index contributed by atoms with van der Waals surface area (Å²) in [4.78, 5) is 24.4. The first-order valence-electron chi connectivity index (χ1n) is 7.85. The Morgan fingerprint density at radius 3 is 2.32 bits per heavy atom. The van der Waals surface area contributed by atoms with Crippen LogP contribution in [0.1, 0.15) is 38.8 Å². The van der Waals surface area contributed by atoms with E-state index in [0.29, 0.717) is 5.56 Å². The Kier molecular flexibility index (Phi) is 5.74. The van der Waals surface area contributed by atoms with E-state index < -0.39 is 22.4 Å². The molecule has 0 amide bonds. The van der Waals surface area contributed by atoms with Crippen LogP contribution in [0.3, 0.4) is 0 Å². The average Bonchev–Trinajstić information content (AvgIpc) is 2.61. The summed E-state index contributed by atoms with van der Waals surface area (Å²) in [5.41, 5.74) is 2.42. The lowest BCUT2D eigenvalue weighted by Gasteiger charge is -2.09. The maximum absolute atomic E-state index is 12.2. The Morgan fingerprint density at radius 1 is 1.00 bits per heavy atom. The van der Waals surface area contributed by atoms with Crippen LogP contribution in [-0.2, 0) is 14.6 Å². The van der Waals surface area contributed by atoms with Crippen molar-refractivity contribution in [3.05, 3.63) is 64.7 Å². The third-order valence-electron chi connectivity index (χ3n) is 3.99. The van der Waals surface area contributed by atoms with Gasteiger partial charge in [-0.1, -0.05) is 31.2 Å². The molecule has 0 saturated heterocycles. The summed E-state index contributed by atoms with van der Waals surface area (Å²) >= 11 is 0. The Bertz CT molecular complexity index is 913. The normalized spacial score (nSPS) is 11.2. The third kappa shape index (κ3) is 4.33.